The molecule has 2 rings (SSSR count). The summed E-state index contributed by atoms with van der Waals surface area (Å²) in [5, 5.41) is 3.22. The molecule has 2 aromatic rings. The zero-order valence-corrected chi connectivity index (χ0v) is 12.2. The Balaban J connectivity index is 1.89. The van der Waals surface area contributed by atoms with Gasteiger partial charge in [0, 0.05) is 11.4 Å². The number of benzene rings is 1. The van der Waals surface area contributed by atoms with Crippen LogP contribution in [0.25, 0.3) is 0 Å². The molecule has 0 spiro atoms. The van der Waals surface area contributed by atoms with Crippen molar-refractivity contribution < 1.29 is 4.74 Å². The Labute approximate surface area is 118 Å². The highest BCUT2D eigenvalue weighted by atomic mass is 32.1. The third-order valence-electron chi connectivity index (χ3n) is 2.77. The summed E-state index contributed by atoms with van der Waals surface area (Å²) >= 11 is 1.69. The fourth-order valence-electron chi connectivity index (χ4n) is 1.83. The molecule has 0 radical (unpaired) electrons. The second kappa shape index (κ2) is 6.68. The highest BCUT2D eigenvalue weighted by molar-refractivity contribution is 7.09. The van der Waals surface area contributed by atoms with Crippen molar-refractivity contribution in [3.63, 3.8) is 0 Å². The van der Waals surface area contributed by atoms with Gasteiger partial charge in [-0.05, 0) is 37.5 Å². The van der Waals surface area contributed by atoms with Crippen LogP contribution in [0.5, 0.6) is 5.75 Å². The second-order valence-electron chi connectivity index (χ2n) is 4.70. The molecule has 0 aliphatic rings. The summed E-state index contributed by atoms with van der Waals surface area (Å²) in [4.78, 5) is 4.48. The maximum absolute atomic E-state index is 5.77. The second-order valence-corrected chi connectivity index (χ2v) is 5.64. The summed E-state index contributed by atoms with van der Waals surface area (Å²) in [5.74, 6) is 0.875. The van der Waals surface area contributed by atoms with E-state index in [9.17, 15) is 0 Å². The standard InChI is InChI=1S/C15H20N2OS/c1-3-15-17-13(10-19-15)9-18-14-6-4-12(5-7-14)8-11(2)16/h4-7,10-11H,3,8-9,16H2,1-2H3. The number of hydrogen-bond donors (Lipinski definition) is 1. The topological polar surface area (TPSA) is 48.1 Å². The summed E-state index contributed by atoms with van der Waals surface area (Å²) < 4.78 is 5.72. The fraction of sp³-hybridized carbons (Fsp3) is 0.400. The van der Waals surface area contributed by atoms with Crippen LogP contribution in [0.2, 0.25) is 0 Å². The minimum Gasteiger partial charge on any atom is -0.487 e. The summed E-state index contributed by atoms with van der Waals surface area (Å²) in [6.07, 6.45) is 1.88. The Bertz CT molecular complexity index is 505. The predicted molar refractivity (Wildman–Crippen MR) is 79.6 cm³/mol. The van der Waals surface area contributed by atoms with Crippen LogP contribution in [0.3, 0.4) is 0 Å². The molecule has 1 unspecified atom stereocenters. The van der Waals surface area contributed by atoms with Gasteiger partial charge in [-0.1, -0.05) is 19.1 Å². The number of aromatic nitrogens is 1. The molecular formula is C15H20N2OS. The van der Waals surface area contributed by atoms with Gasteiger partial charge in [0.15, 0.2) is 0 Å². The van der Waals surface area contributed by atoms with Crippen molar-refractivity contribution in [1.82, 2.24) is 4.98 Å². The Morgan fingerprint density at radius 2 is 2.05 bits per heavy atom. The number of thiazole rings is 1. The Morgan fingerprint density at radius 1 is 1.32 bits per heavy atom. The quantitative estimate of drug-likeness (QED) is 0.881. The number of nitrogens with two attached hydrogens (primary N) is 1. The molecule has 0 aliphatic carbocycles. The van der Waals surface area contributed by atoms with Gasteiger partial charge >= 0.3 is 0 Å². The number of hydrogen-bond acceptors (Lipinski definition) is 4. The van der Waals surface area contributed by atoms with E-state index in [0.29, 0.717) is 6.61 Å². The Hall–Kier alpha value is -1.39. The number of aryl methyl sites for hydroxylation is 1. The van der Waals surface area contributed by atoms with E-state index in [4.69, 9.17) is 10.5 Å². The van der Waals surface area contributed by atoms with Crippen molar-refractivity contribution in [2.24, 2.45) is 5.73 Å². The van der Waals surface area contributed by atoms with Gasteiger partial charge in [-0.25, -0.2) is 4.98 Å². The summed E-state index contributed by atoms with van der Waals surface area (Å²) in [5.41, 5.74) is 8.02. The fourth-order valence-corrected chi connectivity index (χ4v) is 2.56. The van der Waals surface area contributed by atoms with Crippen LogP contribution >= 0.6 is 11.3 Å². The van der Waals surface area contributed by atoms with E-state index in [0.717, 1.165) is 29.3 Å². The number of rotatable bonds is 6. The lowest BCUT2D eigenvalue weighted by Crippen LogP contribution is -2.17. The van der Waals surface area contributed by atoms with Gasteiger partial charge in [0.05, 0.1) is 10.7 Å². The zero-order chi connectivity index (χ0) is 13.7. The molecule has 2 N–H and O–H groups in total. The maximum Gasteiger partial charge on any atom is 0.131 e. The average molecular weight is 276 g/mol. The molecule has 3 nitrogen and oxygen atoms in total. The van der Waals surface area contributed by atoms with E-state index in [1.165, 1.54) is 5.56 Å². The van der Waals surface area contributed by atoms with Crippen LogP contribution in [-0.2, 0) is 19.4 Å². The van der Waals surface area contributed by atoms with Crippen molar-refractivity contribution in [3.8, 4) is 5.75 Å². The van der Waals surface area contributed by atoms with Gasteiger partial charge in [-0.3, -0.25) is 0 Å². The Kier molecular flexibility index (Phi) is 4.93. The molecule has 0 bridgehead atoms. The van der Waals surface area contributed by atoms with Crippen molar-refractivity contribution >= 4 is 11.3 Å². The van der Waals surface area contributed by atoms with Crippen LogP contribution in [0.15, 0.2) is 29.6 Å². The van der Waals surface area contributed by atoms with Crippen molar-refractivity contribution in [2.75, 3.05) is 0 Å². The normalized spacial score (nSPS) is 12.4. The van der Waals surface area contributed by atoms with Gasteiger partial charge in [0.2, 0.25) is 0 Å². The largest absolute Gasteiger partial charge is 0.487 e. The number of nitrogens with zero attached hydrogens (tertiary/aromatic N) is 1. The first kappa shape index (κ1) is 14.0. The lowest BCUT2D eigenvalue weighted by Gasteiger charge is -2.07. The van der Waals surface area contributed by atoms with Crippen molar-refractivity contribution in [3.05, 3.63) is 45.9 Å². The summed E-state index contributed by atoms with van der Waals surface area (Å²) in [7, 11) is 0. The van der Waals surface area contributed by atoms with E-state index < -0.39 is 0 Å². The van der Waals surface area contributed by atoms with Crippen LogP contribution < -0.4 is 10.5 Å². The third kappa shape index (κ3) is 4.33. The molecule has 0 saturated carbocycles. The lowest BCUT2D eigenvalue weighted by molar-refractivity contribution is 0.302. The highest BCUT2D eigenvalue weighted by Crippen LogP contribution is 2.16. The molecule has 1 atom stereocenters. The van der Waals surface area contributed by atoms with E-state index >= 15 is 0 Å². The molecule has 102 valence electrons. The van der Waals surface area contributed by atoms with E-state index in [1.54, 1.807) is 11.3 Å². The smallest absolute Gasteiger partial charge is 0.131 e. The predicted octanol–water partition coefficient (Wildman–Crippen LogP) is 3.17. The monoisotopic (exact) mass is 276 g/mol. The first-order valence-corrected chi connectivity index (χ1v) is 7.46. The summed E-state index contributed by atoms with van der Waals surface area (Å²) in [6, 6.07) is 8.30. The van der Waals surface area contributed by atoms with Crippen LogP contribution in [0.4, 0.5) is 0 Å². The van der Waals surface area contributed by atoms with Crippen molar-refractivity contribution in [2.45, 2.75) is 39.3 Å². The van der Waals surface area contributed by atoms with E-state index in [2.05, 4.69) is 29.4 Å². The lowest BCUT2D eigenvalue weighted by atomic mass is 10.1. The van der Waals surface area contributed by atoms with Gasteiger partial charge in [0.1, 0.15) is 12.4 Å². The minimum absolute atomic E-state index is 0.189. The van der Waals surface area contributed by atoms with Gasteiger partial charge in [0.25, 0.3) is 0 Å². The SMILES string of the molecule is CCc1nc(COc2ccc(CC(C)N)cc2)cs1. The molecule has 0 amide bonds. The van der Waals surface area contributed by atoms with Gasteiger partial charge in [-0.2, -0.15) is 0 Å². The molecule has 0 fully saturated rings. The molecule has 0 saturated heterocycles. The molecule has 1 heterocycles. The first-order valence-electron chi connectivity index (χ1n) is 6.58. The molecule has 4 heteroatoms. The first-order chi connectivity index (χ1) is 9.17. The molecule has 1 aromatic heterocycles. The maximum atomic E-state index is 5.77. The van der Waals surface area contributed by atoms with Gasteiger partial charge < -0.3 is 10.5 Å². The summed E-state index contributed by atoms with van der Waals surface area (Å²) in [6.45, 7) is 4.65. The minimum atomic E-state index is 0.189. The zero-order valence-electron chi connectivity index (χ0n) is 11.4. The average Bonchev–Trinajstić information content (AvgIpc) is 2.85. The molecule has 0 aliphatic heterocycles. The molecule has 1 aromatic carbocycles. The third-order valence-corrected chi connectivity index (χ3v) is 3.81. The molecule has 19 heavy (non-hydrogen) atoms. The number of ether oxygens (including phenoxy) is 1. The van der Waals surface area contributed by atoms with E-state index in [-0.39, 0.29) is 6.04 Å². The Morgan fingerprint density at radius 3 is 2.63 bits per heavy atom. The van der Waals surface area contributed by atoms with E-state index in [1.807, 2.05) is 19.1 Å². The van der Waals surface area contributed by atoms with Crippen molar-refractivity contribution in [1.29, 1.82) is 0 Å². The van der Waals surface area contributed by atoms with Crippen LogP contribution in [0, 0.1) is 0 Å². The van der Waals surface area contributed by atoms with Crippen LogP contribution in [-0.4, -0.2) is 11.0 Å². The van der Waals surface area contributed by atoms with Crippen LogP contribution in [0.1, 0.15) is 30.1 Å². The van der Waals surface area contributed by atoms with Gasteiger partial charge in [-0.15, -0.1) is 11.3 Å². The highest BCUT2D eigenvalue weighted by Gasteiger charge is 2.02. The molecular weight excluding hydrogens is 256 g/mol.